The number of para-hydroxylation sites is 1. The van der Waals surface area contributed by atoms with Crippen LogP contribution in [0, 0.1) is 0 Å². The average molecular weight is 400 g/mol. The maximum Gasteiger partial charge on any atom is 0.239 e. The van der Waals surface area contributed by atoms with Gasteiger partial charge in [0.25, 0.3) is 0 Å². The SMILES string of the molecule is CCOc1ccccc1CC(=O)N(c1nccs1)c1nc2c(s1)CCCC2. The maximum absolute atomic E-state index is 13.3. The molecule has 3 aromatic rings. The lowest BCUT2D eigenvalue weighted by molar-refractivity contribution is -0.117. The largest absolute Gasteiger partial charge is 0.494 e. The Bertz CT molecular complexity index is 898. The summed E-state index contributed by atoms with van der Waals surface area (Å²) in [4.78, 5) is 25.4. The molecule has 2 heterocycles. The number of ether oxygens (including phenoxy) is 1. The highest BCUT2D eigenvalue weighted by Gasteiger charge is 2.27. The molecule has 4 rings (SSSR count). The molecule has 27 heavy (non-hydrogen) atoms. The van der Waals surface area contributed by atoms with E-state index >= 15 is 0 Å². The number of hydrogen-bond donors (Lipinski definition) is 0. The third-order valence-electron chi connectivity index (χ3n) is 4.50. The second kappa shape index (κ2) is 8.19. The van der Waals surface area contributed by atoms with Gasteiger partial charge in [-0.25, -0.2) is 14.9 Å². The second-order valence-electron chi connectivity index (χ2n) is 6.33. The molecule has 2 aromatic heterocycles. The number of hydrogen-bond acceptors (Lipinski definition) is 6. The molecule has 0 aliphatic heterocycles. The molecular weight excluding hydrogens is 378 g/mol. The molecule has 0 N–H and O–H groups in total. The topological polar surface area (TPSA) is 55.3 Å². The molecule has 0 radical (unpaired) electrons. The fourth-order valence-electron chi connectivity index (χ4n) is 3.24. The summed E-state index contributed by atoms with van der Waals surface area (Å²) in [6.07, 6.45) is 6.39. The Kier molecular flexibility index (Phi) is 5.50. The van der Waals surface area contributed by atoms with Crippen LogP contribution in [0.25, 0.3) is 0 Å². The Morgan fingerprint density at radius 1 is 1.22 bits per heavy atom. The van der Waals surface area contributed by atoms with Gasteiger partial charge in [-0.3, -0.25) is 4.79 Å². The fourth-order valence-corrected chi connectivity index (χ4v) is 5.13. The first kappa shape index (κ1) is 18.1. The van der Waals surface area contributed by atoms with Crippen molar-refractivity contribution in [1.82, 2.24) is 9.97 Å². The van der Waals surface area contributed by atoms with Crippen molar-refractivity contribution < 1.29 is 9.53 Å². The number of carbonyl (C=O) groups is 1. The molecule has 1 aliphatic rings. The second-order valence-corrected chi connectivity index (χ2v) is 8.27. The summed E-state index contributed by atoms with van der Waals surface area (Å²) < 4.78 is 5.68. The number of fused-ring (bicyclic) bond motifs is 1. The van der Waals surface area contributed by atoms with E-state index in [1.165, 1.54) is 29.1 Å². The Morgan fingerprint density at radius 3 is 2.85 bits per heavy atom. The van der Waals surface area contributed by atoms with Crippen LogP contribution in [0.15, 0.2) is 35.8 Å². The minimum absolute atomic E-state index is 0.0387. The summed E-state index contributed by atoms with van der Waals surface area (Å²) in [5, 5.41) is 3.29. The van der Waals surface area contributed by atoms with Gasteiger partial charge in [0.2, 0.25) is 5.91 Å². The minimum Gasteiger partial charge on any atom is -0.494 e. The smallest absolute Gasteiger partial charge is 0.239 e. The summed E-state index contributed by atoms with van der Waals surface area (Å²) in [5.74, 6) is 0.717. The van der Waals surface area contributed by atoms with E-state index in [0.29, 0.717) is 11.7 Å². The van der Waals surface area contributed by atoms with Crippen molar-refractivity contribution in [3.05, 3.63) is 52.0 Å². The predicted octanol–water partition coefficient (Wildman–Crippen LogP) is 4.78. The van der Waals surface area contributed by atoms with Gasteiger partial charge in [-0.1, -0.05) is 18.2 Å². The monoisotopic (exact) mass is 399 g/mol. The van der Waals surface area contributed by atoms with Crippen LogP contribution in [0.3, 0.4) is 0 Å². The lowest BCUT2D eigenvalue weighted by Gasteiger charge is -2.18. The van der Waals surface area contributed by atoms with Gasteiger partial charge < -0.3 is 4.74 Å². The normalized spacial score (nSPS) is 13.2. The number of anilines is 2. The first-order chi connectivity index (χ1) is 13.3. The van der Waals surface area contributed by atoms with Gasteiger partial charge in [0.1, 0.15) is 5.75 Å². The number of amides is 1. The Morgan fingerprint density at radius 2 is 2.07 bits per heavy atom. The lowest BCUT2D eigenvalue weighted by Crippen LogP contribution is -2.27. The first-order valence-electron chi connectivity index (χ1n) is 9.18. The molecule has 5 nitrogen and oxygen atoms in total. The van der Waals surface area contributed by atoms with Crippen LogP contribution in [-0.4, -0.2) is 22.5 Å². The number of nitrogens with zero attached hydrogens (tertiary/aromatic N) is 3. The lowest BCUT2D eigenvalue weighted by atomic mass is 10.0. The highest BCUT2D eigenvalue weighted by Crippen LogP contribution is 2.36. The van der Waals surface area contributed by atoms with E-state index in [1.807, 2.05) is 36.6 Å². The fraction of sp³-hybridized carbons (Fsp3) is 0.350. The summed E-state index contributed by atoms with van der Waals surface area (Å²) in [5.41, 5.74) is 2.03. The van der Waals surface area contributed by atoms with Crippen LogP contribution in [0.5, 0.6) is 5.75 Å². The van der Waals surface area contributed by atoms with Gasteiger partial charge in [0.15, 0.2) is 10.3 Å². The van der Waals surface area contributed by atoms with Crippen LogP contribution in [0.1, 0.15) is 35.9 Å². The molecule has 0 atom stereocenters. The molecule has 0 spiro atoms. The Balaban J connectivity index is 1.66. The van der Waals surface area contributed by atoms with Gasteiger partial charge >= 0.3 is 0 Å². The van der Waals surface area contributed by atoms with E-state index in [9.17, 15) is 4.79 Å². The Labute approximate surface area is 166 Å². The molecule has 0 unspecified atom stereocenters. The Hall–Kier alpha value is -2.25. The molecule has 0 bridgehead atoms. The van der Waals surface area contributed by atoms with Crippen LogP contribution in [-0.2, 0) is 24.1 Å². The molecule has 1 aliphatic carbocycles. The summed E-state index contributed by atoms with van der Waals surface area (Å²) >= 11 is 3.08. The predicted molar refractivity (Wildman–Crippen MR) is 109 cm³/mol. The molecule has 0 saturated heterocycles. The third kappa shape index (κ3) is 3.89. The van der Waals surface area contributed by atoms with Gasteiger partial charge in [0, 0.05) is 22.0 Å². The van der Waals surface area contributed by atoms with Crippen molar-refractivity contribution in [2.45, 2.75) is 39.0 Å². The van der Waals surface area contributed by atoms with Crippen LogP contribution in [0.4, 0.5) is 10.3 Å². The van der Waals surface area contributed by atoms with E-state index in [-0.39, 0.29) is 12.3 Å². The molecule has 0 fully saturated rings. The third-order valence-corrected chi connectivity index (χ3v) is 6.40. The van der Waals surface area contributed by atoms with Gasteiger partial charge in [-0.05, 0) is 38.7 Å². The molecule has 1 amide bonds. The number of benzene rings is 1. The molecule has 7 heteroatoms. The van der Waals surface area contributed by atoms with Gasteiger partial charge in [0.05, 0.1) is 18.7 Å². The molecular formula is C20H21N3O2S2. The number of aryl methyl sites for hydroxylation is 2. The van der Waals surface area contributed by atoms with E-state index in [1.54, 1.807) is 22.4 Å². The minimum atomic E-state index is -0.0387. The van der Waals surface area contributed by atoms with Gasteiger partial charge in [-0.15, -0.1) is 22.7 Å². The van der Waals surface area contributed by atoms with Crippen molar-refractivity contribution >= 4 is 38.8 Å². The number of carbonyl (C=O) groups excluding carboxylic acids is 1. The highest BCUT2D eigenvalue weighted by molar-refractivity contribution is 7.17. The zero-order valence-corrected chi connectivity index (χ0v) is 16.8. The number of thiazole rings is 2. The highest BCUT2D eigenvalue weighted by atomic mass is 32.1. The molecule has 1 aromatic carbocycles. The number of aromatic nitrogens is 2. The number of rotatable bonds is 6. The molecule has 0 saturated carbocycles. The van der Waals surface area contributed by atoms with Crippen molar-refractivity contribution in [2.24, 2.45) is 0 Å². The van der Waals surface area contributed by atoms with Crippen molar-refractivity contribution in [1.29, 1.82) is 0 Å². The van der Waals surface area contributed by atoms with Crippen LogP contribution in [0.2, 0.25) is 0 Å². The van der Waals surface area contributed by atoms with Crippen molar-refractivity contribution in [3.63, 3.8) is 0 Å². The zero-order chi connectivity index (χ0) is 18.6. The summed E-state index contributed by atoms with van der Waals surface area (Å²) in [7, 11) is 0. The first-order valence-corrected chi connectivity index (χ1v) is 10.9. The maximum atomic E-state index is 13.3. The van der Waals surface area contributed by atoms with Crippen molar-refractivity contribution in [2.75, 3.05) is 11.5 Å². The summed E-state index contributed by atoms with van der Waals surface area (Å²) in [6, 6.07) is 7.70. The molecule has 140 valence electrons. The van der Waals surface area contributed by atoms with Crippen LogP contribution >= 0.6 is 22.7 Å². The van der Waals surface area contributed by atoms with Crippen LogP contribution < -0.4 is 9.64 Å². The zero-order valence-electron chi connectivity index (χ0n) is 15.2. The van der Waals surface area contributed by atoms with E-state index in [0.717, 1.165) is 35.0 Å². The van der Waals surface area contributed by atoms with Crippen molar-refractivity contribution in [3.8, 4) is 5.75 Å². The standard InChI is InChI=1S/C20H21N3O2S2/c1-2-25-16-9-5-3-7-14(16)13-18(24)23(19-21-11-12-26-19)20-22-15-8-4-6-10-17(15)27-20/h3,5,7,9,11-12H,2,4,6,8,10,13H2,1H3. The summed E-state index contributed by atoms with van der Waals surface area (Å²) in [6.45, 7) is 2.52. The average Bonchev–Trinajstić information content (AvgIpc) is 3.33. The quantitative estimate of drug-likeness (QED) is 0.598. The van der Waals surface area contributed by atoms with E-state index in [4.69, 9.17) is 9.72 Å². The van der Waals surface area contributed by atoms with E-state index < -0.39 is 0 Å². The van der Waals surface area contributed by atoms with E-state index in [2.05, 4.69) is 4.98 Å². The van der Waals surface area contributed by atoms with Gasteiger partial charge in [-0.2, -0.15) is 0 Å².